The van der Waals surface area contributed by atoms with E-state index in [0.717, 1.165) is 48.7 Å². The van der Waals surface area contributed by atoms with E-state index >= 15 is 0 Å². The molecule has 0 spiro atoms. The summed E-state index contributed by atoms with van der Waals surface area (Å²) in [6.45, 7) is 4.51. The Bertz CT molecular complexity index is 396. The minimum atomic E-state index is -0.504. The SMILES string of the molecule is CC1(O)CCN(Cc2cc(N)ccc2Cl)CC1. The summed E-state index contributed by atoms with van der Waals surface area (Å²) in [5, 5.41) is 10.6. The summed E-state index contributed by atoms with van der Waals surface area (Å²) in [5.41, 5.74) is 7.06. The van der Waals surface area contributed by atoms with Crippen LogP contribution in [0.5, 0.6) is 0 Å². The highest BCUT2D eigenvalue weighted by molar-refractivity contribution is 6.31. The lowest BCUT2D eigenvalue weighted by Crippen LogP contribution is -2.41. The predicted molar refractivity (Wildman–Crippen MR) is 71.0 cm³/mol. The number of anilines is 1. The van der Waals surface area contributed by atoms with Crippen LogP contribution in [0.3, 0.4) is 0 Å². The fourth-order valence-electron chi connectivity index (χ4n) is 2.15. The quantitative estimate of drug-likeness (QED) is 0.796. The molecule has 1 heterocycles. The molecule has 1 aromatic carbocycles. The van der Waals surface area contributed by atoms with Crippen LogP contribution in [0.25, 0.3) is 0 Å². The zero-order valence-corrected chi connectivity index (χ0v) is 10.9. The summed E-state index contributed by atoms with van der Waals surface area (Å²) >= 11 is 6.14. The number of nitrogen functional groups attached to an aromatic ring is 1. The Morgan fingerprint density at radius 3 is 2.71 bits per heavy atom. The molecule has 1 saturated heterocycles. The van der Waals surface area contributed by atoms with Gasteiger partial charge < -0.3 is 10.8 Å². The molecule has 1 fully saturated rings. The van der Waals surface area contributed by atoms with Gasteiger partial charge in [-0.25, -0.2) is 0 Å². The number of halogens is 1. The molecule has 3 N–H and O–H groups in total. The molecule has 0 aromatic heterocycles. The Morgan fingerprint density at radius 1 is 1.41 bits per heavy atom. The van der Waals surface area contributed by atoms with Crippen molar-refractivity contribution in [3.63, 3.8) is 0 Å². The van der Waals surface area contributed by atoms with E-state index in [1.807, 2.05) is 25.1 Å². The first-order valence-corrected chi connectivity index (χ1v) is 6.33. The number of benzene rings is 1. The maximum atomic E-state index is 9.88. The monoisotopic (exact) mass is 254 g/mol. The van der Waals surface area contributed by atoms with E-state index < -0.39 is 5.60 Å². The molecule has 4 heteroatoms. The van der Waals surface area contributed by atoms with Crippen molar-refractivity contribution in [3.8, 4) is 0 Å². The molecular weight excluding hydrogens is 236 g/mol. The van der Waals surface area contributed by atoms with Crippen molar-refractivity contribution < 1.29 is 5.11 Å². The Hall–Kier alpha value is -0.770. The third-order valence-electron chi connectivity index (χ3n) is 3.40. The smallest absolute Gasteiger partial charge is 0.0644 e. The van der Waals surface area contributed by atoms with Gasteiger partial charge in [-0.1, -0.05) is 11.6 Å². The van der Waals surface area contributed by atoms with Gasteiger partial charge in [0, 0.05) is 30.3 Å². The van der Waals surface area contributed by atoms with Gasteiger partial charge in [-0.05, 0) is 43.5 Å². The number of aliphatic hydroxyl groups is 1. The van der Waals surface area contributed by atoms with Gasteiger partial charge >= 0.3 is 0 Å². The minimum absolute atomic E-state index is 0.504. The normalized spacial score (nSPS) is 20.4. The highest BCUT2D eigenvalue weighted by Crippen LogP contribution is 2.25. The summed E-state index contributed by atoms with van der Waals surface area (Å²) in [5.74, 6) is 0. The third kappa shape index (κ3) is 3.35. The van der Waals surface area contributed by atoms with Crippen LogP contribution >= 0.6 is 11.6 Å². The lowest BCUT2D eigenvalue weighted by Gasteiger charge is -2.35. The second kappa shape index (κ2) is 4.84. The number of nitrogens with zero attached hydrogens (tertiary/aromatic N) is 1. The number of likely N-dealkylation sites (tertiary alicyclic amines) is 1. The zero-order chi connectivity index (χ0) is 12.5. The first-order chi connectivity index (χ1) is 7.96. The standard InChI is InChI=1S/C13H19ClN2O/c1-13(17)4-6-16(7-5-13)9-10-8-11(15)2-3-12(10)14/h2-3,8,17H,4-7,9,15H2,1H3. The summed E-state index contributed by atoms with van der Waals surface area (Å²) in [6.07, 6.45) is 1.62. The van der Waals surface area contributed by atoms with Gasteiger partial charge in [0.25, 0.3) is 0 Å². The molecule has 1 aromatic rings. The van der Waals surface area contributed by atoms with Gasteiger partial charge in [-0.3, -0.25) is 4.90 Å². The van der Waals surface area contributed by atoms with Gasteiger partial charge in [0.2, 0.25) is 0 Å². The first kappa shape index (κ1) is 12.7. The number of rotatable bonds is 2. The molecule has 0 bridgehead atoms. The van der Waals surface area contributed by atoms with Gasteiger partial charge in [0.15, 0.2) is 0 Å². The Balaban J connectivity index is 2.00. The maximum absolute atomic E-state index is 9.88. The molecule has 1 aliphatic rings. The van der Waals surface area contributed by atoms with Gasteiger partial charge in [-0.2, -0.15) is 0 Å². The summed E-state index contributed by atoms with van der Waals surface area (Å²) in [6, 6.07) is 5.58. The van der Waals surface area contributed by atoms with E-state index in [1.165, 1.54) is 0 Å². The lowest BCUT2D eigenvalue weighted by molar-refractivity contribution is -0.00728. The van der Waals surface area contributed by atoms with Crippen LogP contribution in [0.1, 0.15) is 25.3 Å². The van der Waals surface area contributed by atoms with Crippen molar-refractivity contribution in [3.05, 3.63) is 28.8 Å². The minimum Gasteiger partial charge on any atom is -0.399 e. The van der Waals surface area contributed by atoms with Crippen molar-refractivity contribution in [2.24, 2.45) is 0 Å². The second-order valence-corrected chi connectivity index (χ2v) is 5.53. The van der Waals surface area contributed by atoms with Crippen LogP contribution in [0, 0.1) is 0 Å². The molecule has 2 rings (SSSR count). The molecule has 0 radical (unpaired) electrons. The first-order valence-electron chi connectivity index (χ1n) is 5.95. The van der Waals surface area contributed by atoms with Crippen LogP contribution in [0.4, 0.5) is 5.69 Å². The number of hydrogen-bond donors (Lipinski definition) is 2. The molecular formula is C13H19ClN2O. The van der Waals surface area contributed by atoms with E-state index in [4.69, 9.17) is 17.3 Å². The average Bonchev–Trinajstić information content (AvgIpc) is 2.26. The molecule has 0 aliphatic carbocycles. The van der Waals surface area contributed by atoms with Gasteiger partial charge in [-0.15, -0.1) is 0 Å². The Kier molecular flexibility index (Phi) is 3.61. The van der Waals surface area contributed by atoms with Crippen molar-refractivity contribution in [2.45, 2.75) is 31.9 Å². The molecule has 1 aliphatic heterocycles. The maximum Gasteiger partial charge on any atom is 0.0644 e. The van der Waals surface area contributed by atoms with E-state index in [1.54, 1.807) is 0 Å². The van der Waals surface area contributed by atoms with Crippen molar-refractivity contribution in [2.75, 3.05) is 18.8 Å². The van der Waals surface area contributed by atoms with E-state index in [-0.39, 0.29) is 0 Å². The van der Waals surface area contributed by atoms with Crippen molar-refractivity contribution in [1.82, 2.24) is 4.90 Å². The lowest BCUT2D eigenvalue weighted by atomic mass is 9.93. The molecule has 94 valence electrons. The van der Waals surface area contributed by atoms with Gasteiger partial charge in [0.1, 0.15) is 0 Å². The van der Waals surface area contributed by atoms with Crippen molar-refractivity contribution in [1.29, 1.82) is 0 Å². The fourth-order valence-corrected chi connectivity index (χ4v) is 2.33. The summed E-state index contributed by atoms with van der Waals surface area (Å²) in [7, 11) is 0. The fraction of sp³-hybridized carbons (Fsp3) is 0.538. The van der Waals surface area contributed by atoms with E-state index in [9.17, 15) is 5.11 Å². The van der Waals surface area contributed by atoms with E-state index in [2.05, 4.69) is 4.90 Å². The van der Waals surface area contributed by atoms with Crippen LogP contribution < -0.4 is 5.73 Å². The third-order valence-corrected chi connectivity index (χ3v) is 3.77. The Morgan fingerprint density at radius 2 is 2.06 bits per heavy atom. The molecule has 0 unspecified atom stereocenters. The van der Waals surface area contributed by atoms with Crippen LogP contribution in [0.2, 0.25) is 5.02 Å². The predicted octanol–water partition coefficient (Wildman–Crippen LogP) is 2.27. The van der Waals surface area contributed by atoms with Gasteiger partial charge in [0.05, 0.1) is 5.60 Å². The van der Waals surface area contributed by atoms with Crippen LogP contribution in [-0.2, 0) is 6.54 Å². The molecule has 0 amide bonds. The second-order valence-electron chi connectivity index (χ2n) is 5.12. The van der Waals surface area contributed by atoms with Crippen LogP contribution in [-0.4, -0.2) is 28.7 Å². The molecule has 17 heavy (non-hydrogen) atoms. The highest BCUT2D eigenvalue weighted by atomic mass is 35.5. The van der Waals surface area contributed by atoms with Crippen molar-refractivity contribution >= 4 is 17.3 Å². The number of hydrogen-bond acceptors (Lipinski definition) is 3. The number of piperidine rings is 1. The van der Waals surface area contributed by atoms with Crippen LogP contribution in [0.15, 0.2) is 18.2 Å². The highest BCUT2D eigenvalue weighted by Gasteiger charge is 2.27. The topological polar surface area (TPSA) is 49.5 Å². The largest absolute Gasteiger partial charge is 0.399 e. The Labute approximate surface area is 107 Å². The number of nitrogens with two attached hydrogens (primary N) is 1. The van der Waals surface area contributed by atoms with E-state index in [0.29, 0.717) is 0 Å². The average molecular weight is 255 g/mol. The molecule has 0 saturated carbocycles. The summed E-state index contributed by atoms with van der Waals surface area (Å²) in [4.78, 5) is 2.30. The molecule has 3 nitrogen and oxygen atoms in total. The zero-order valence-electron chi connectivity index (χ0n) is 10.1. The molecule has 0 atom stereocenters. The summed E-state index contributed by atoms with van der Waals surface area (Å²) < 4.78 is 0.